The fraction of sp³-hybridized carbons (Fsp3) is 0. The van der Waals surface area contributed by atoms with Gasteiger partial charge in [0.1, 0.15) is 12.0 Å². The van der Waals surface area contributed by atoms with Crippen LogP contribution in [-0.4, -0.2) is 31.6 Å². The Morgan fingerprint density at radius 3 is 2.62 bits per heavy atom. The molecular weight excluding hydrogens is 176 g/mol. The Balaban J connectivity index is 0.000000145. The lowest BCUT2D eigenvalue weighted by atomic mass is 10.5. The highest BCUT2D eigenvalue weighted by Gasteiger charge is 1.99. The zero-order valence-electron chi connectivity index (χ0n) is 6.41. The quantitative estimate of drug-likeness (QED) is 0.651. The molecular formula is C6H6N4O3. The fourth-order valence-electron chi connectivity index (χ4n) is 0.511. The number of rotatable bonds is 1. The highest BCUT2D eigenvalue weighted by Crippen LogP contribution is 1.87. The van der Waals surface area contributed by atoms with E-state index in [0.717, 1.165) is 0 Å². The summed E-state index contributed by atoms with van der Waals surface area (Å²) >= 11 is 0. The summed E-state index contributed by atoms with van der Waals surface area (Å²) in [7, 11) is 0. The maximum Gasteiger partial charge on any atom is 0.353 e. The SMILES string of the molecule is O=C(O)c1ccn[nH]1.c1conn1. The molecule has 2 heterocycles. The smallest absolute Gasteiger partial charge is 0.353 e. The van der Waals surface area contributed by atoms with Crippen molar-refractivity contribution in [2.24, 2.45) is 0 Å². The van der Waals surface area contributed by atoms with Gasteiger partial charge < -0.3 is 9.63 Å². The van der Waals surface area contributed by atoms with E-state index in [-0.39, 0.29) is 5.69 Å². The fourth-order valence-corrected chi connectivity index (χ4v) is 0.511. The highest BCUT2D eigenvalue weighted by molar-refractivity contribution is 5.84. The van der Waals surface area contributed by atoms with Crippen molar-refractivity contribution in [1.29, 1.82) is 0 Å². The summed E-state index contributed by atoms with van der Waals surface area (Å²) in [5, 5.41) is 20.3. The monoisotopic (exact) mass is 182 g/mol. The molecule has 0 unspecified atom stereocenters. The van der Waals surface area contributed by atoms with E-state index in [0.29, 0.717) is 0 Å². The summed E-state index contributed by atoms with van der Waals surface area (Å²) in [5.74, 6) is -0.984. The van der Waals surface area contributed by atoms with Gasteiger partial charge in [0, 0.05) is 11.5 Å². The molecule has 0 amide bonds. The summed E-state index contributed by atoms with van der Waals surface area (Å²) < 4.78 is 4.22. The Labute approximate surface area is 72.4 Å². The second-order valence-corrected chi connectivity index (χ2v) is 1.86. The number of carboxylic acids is 1. The van der Waals surface area contributed by atoms with Gasteiger partial charge in [-0.1, -0.05) is 0 Å². The summed E-state index contributed by atoms with van der Waals surface area (Å²) in [5.41, 5.74) is 0.116. The number of carboxylic acid groups (broad SMARTS) is 1. The third-order valence-corrected chi connectivity index (χ3v) is 1.01. The first-order chi connectivity index (χ1) is 6.30. The Bertz CT molecular complexity index is 311. The number of aromatic amines is 1. The van der Waals surface area contributed by atoms with Crippen molar-refractivity contribution in [2.75, 3.05) is 0 Å². The molecule has 2 aromatic rings. The second-order valence-electron chi connectivity index (χ2n) is 1.86. The first-order valence-electron chi connectivity index (χ1n) is 3.24. The van der Waals surface area contributed by atoms with Gasteiger partial charge in [0.2, 0.25) is 0 Å². The van der Waals surface area contributed by atoms with Crippen molar-refractivity contribution < 1.29 is 14.4 Å². The van der Waals surface area contributed by atoms with E-state index in [2.05, 4.69) is 25.1 Å². The van der Waals surface area contributed by atoms with E-state index in [9.17, 15) is 4.79 Å². The molecule has 0 saturated heterocycles. The van der Waals surface area contributed by atoms with Crippen LogP contribution in [0.2, 0.25) is 0 Å². The van der Waals surface area contributed by atoms with Crippen LogP contribution in [0.3, 0.4) is 0 Å². The summed E-state index contributed by atoms with van der Waals surface area (Å²) in [4.78, 5) is 9.99. The van der Waals surface area contributed by atoms with E-state index in [1.54, 1.807) is 0 Å². The molecule has 2 N–H and O–H groups in total. The van der Waals surface area contributed by atoms with Gasteiger partial charge in [0.25, 0.3) is 0 Å². The summed E-state index contributed by atoms with van der Waals surface area (Å²) in [6.45, 7) is 0. The van der Waals surface area contributed by atoms with Crippen LogP contribution in [0.5, 0.6) is 0 Å². The number of aromatic nitrogens is 4. The van der Waals surface area contributed by atoms with Crippen molar-refractivity contribution in [1.82, 2.24) is 20.6 Å². The van der Waals surface area contributed by atoms with Crippen LogP contribution >= 0.6 is 0 Å². The molecule has 0 saturated carbocycles. The second kappa shape index (κ2) is 4.65. The van der Waals surface area contributed by atoms with Gasteiger partial charge in [0.15, 0.2) is 0 Å². The molecule has 2 rings (SSSR count). The molecule has 7 heteroatoms. The first kappa shape index (κ1) is 8.91. The van der Waals surface area contributed by atoms with E-state index < -0.39 is 5.97 Å². The molecule has 0 radical (unpaired) electrons. The van der Waals surface area contributed by atoms with Gasteiger partial charge in [0.05, 0.1) is 6.20 Å². The molecule has 0 aliphatic carbocycles. The van der Waals surface area contributed by atoms with E-state index in [4.69, 9.17) is 5.11 Å². The Kier molecular flexibility index (Phi) is 3.19. The van der Waals surface area contributed by atoms with Crippen LogP contribution in [0, 0.1) is 0 Å². The average molecular weight is 182 g/mol. The molecule has 0 aromatic carbocycles. The topological polar surface area (TPSA) is 105 Å². The Morgan fingerprint density at radius 1 is 1.54 bits per heavy atom. The normalized spacial score (nSPS) is 8.62. The zero-order valence-corrected chi connectivity index (χ0v) is 6.41. The third kappa shape index (κ3) is 3.14. The van der Waals surface area contributed by atoms with Crippen molar-refractivity contribution in [3.63, 3.8) is 0 Å². The van der Waals surface area contributed by atoms with Gasteiger partial charge in [-0.05, 0) is 6.07 Å². The van der Waals surface area contributed by atoms with Gasteiger partial charge in [-0.3, -0.25) is 5.10 Å². The van der Waals surface area contributed by atoms with Gasteiger partial charge in [-0.2, -0.15) is 5.10 Å². The number of aromatic carboxylic acids is 1. The van der Waals surface area contributed by atoms with E-state index in [1.807, 2.05) is 0 Å². The molecule has 0 aliphatic rings. The summed E-state index contributed by atoms with van der Waals surface area (Å²) in [6, 6.07) is 1.39. The van der Waals surface area contributed by atoms with Crippen LogP contribution in [0.1, 0.15) is 10.5 Å². The minimum Gasteiger partial charge on any atom is -0.477 e. The predicted molar refractivity (Wildman–Crippen MR) is 39.8 cm³/mol. The van der Waals surface area contributed by atoms with Crippen LogP contribution < -0.4 is 0 Å². The molecule has 0 aliphatic heterocycles. The minimum atomic E-state index is -0.984. The van der Waals surface area contributed by atoms with Crippen molar-refractivity contribution in [3.05, 3.63) is 30.4 Å². The molecule has 2 aromatic heterocycles. The van der Waals surface area contributed by atoms with Crippen molar-refractivity contribution in [3.8, 4) is 0 Å². The molecule has 0 bridgehead atoms. The van der Waals surface area contributed by atoms with Crippen LogP contribution in [0.15, 0.2) is 29.2 Å². The lowest BCUT2D eigenvalue weighted by molar-refractivity contribution is 0.0690. The highest BCUT2D eigenvalue weighted by atomic mass is 16.5. The maximum atomic E-state index is 9.99. The number of hydrogen-bond acceptors (Lipinski definition) is 5. The average Bonchev–Trinajstić information content (AvgIpc) is 2.82. The van der Waals surface area contributed by atoms with Crippen LogP contribution in [-0.2, 0) is 0 Å². The predicted octanol–water partition coefficient (Wildman–Crippen LogP) is 0.177. The molecule has 7 nitrogen and oxygen atoms in total. The molecule has 13 heavy (non-hydrogen) atoms. The zero-order chi connectivity index (χ0) is 9.52. The number of nitrogens with zero attached hydrogens (tertiary/aromatic N) is 3. The number of hydrogen-bond donors (Lipinski definition) is 2. The van der Waals surface area contributed by atoms with Crippen LogP contribution in [0.4, 0.5) is 0 Å². The van der Waals surface area contributed by atoms with Gasteiger partial charge in [-0.15, -0.1) is 5.10 Å². The van der Waals surface area contributed by atoms with Crippen LogP contribution in [0.25, 0.3) is 0 Å². The van der Waals surface area contributed by atoms with E-state index >= 15 is 0 Å². The maximum absolute atomic E-state index is 9.99. The largest absolute Gasteiger partial charge is 0.477 e. The van der Waals surface area contributed by atoms with Crippen molar-refractivity contribution >= 4 is 5.97 Å². The third-order valence-electron chi connectivity index (χ3n) is 1.01. The van der Waals surface area contributed by atoms with E-state index in [1.165, 1.54) is 24.7 Å². The van der Waals surface area contributed by atoms with Crippen molar-refractivity contribution in [2.45, 2.75) is 0 Å². The number of nitrogens with one attached hydrogen (secondary N) is 1. The molecule has 68 valence electrons. The lowest BCUT2D eigenvalue weighted by Gasteiger charge is -1.79. The Hall–Kier alpha value is -2.18. The molecule has 0 spiro atoms. The lowest BCUT2D eigenvalue weighted by Crippen LogP contribution is -1.95. The molecule has 0 fully saturated rings. The first-order valence-corrected chi connectivity index (χ1v) is 3.24. The number of carbonyl (C=O) groups is 1. The summed E-state index contributed by atoms with van der Waals surface area (Å²) in [6.07, 6.45) is 4.27. The van der Waals surface area contributed by atoms with Gasteiger partial charge in [-0.25, -0.2) is 4.79 Å². The minimum absolute atomic E-state index is 0.116. The number of H-pyrrole nitrogens is 1. The molecule has 0 atom stereocenters. The Morgan fingerprint density at radius 2 is 2.38 bits per heavy atom. The van der Waals surface area contributed by atoms with Gasteiger partial charge >= 0.3 is 5.97 Å². The standard InChI is InChI=1S/C4H4N2O2.C2H2N2O/c7-4(8)3-1-2-5-6-3;1-2-5-4-3-1/h1-2H,(H,5,6)(H,7,8);1-2H.